The van der Waals surface area contributed by atoms with Gasteiger partial charge in [-0.3, -0.25) is 29.4 Å². The minimum atomic E-state index is -0.921. The van der Waals surface area contributed by atoms with E-state index in [1.165, 1.54) is 11.0 Å². The maximum atomic E-state index is 14.5. The van der Waals surface area contributed by atoms with Crippen LogP contribution in [0.3, 0.4) is 0 Å². The largest absolute Gasteiger partial charge is 0.493 e. The fourth-order valence-electron chi connectivity index (χ4n) is 7.13. The fraction of sp³-hybridized carbons (Fsp3) is 0.485. The van der Waals surface area contributed by atoms with E-state index < -0.39 is 17.4 Å². The van der Waals surface area contributed by atoms with E-state index in [2.05, 4.69) is 16.3 Å². The number of nitriles is 1. The van der Waals surface area contributed by atoms with Crippen LogP contribution in [0.2, 0.25) is 0 Å². The first-order chi connectivity index (χ1) is 21.3. The summed E-state index contributed by atoms with van der Waals surface area (Å²) < 4.78 is 20.6. The van der Waals surface area contributed by atoms with Crippen molar-refractivity contribution in [2.45, 2.75) is 69.0 Å². The van der Waals surface area contributed by atoms with E-state index in [-0.39, 0.29) is 42.5 Å². The molecule has 4 heterocycles. The van der Waals surface area contributed by atoms with Crippen LogP contribution in [0, 0.1) is 17.1 Å². The third kappa shape index (κ3) is 5.54. The first-order valence-electron chi connectivity index (χ1n) is 15.4. The summed E-state index contributed by atoms with van der Waals surface area (Å²) >= 11 is 0. The summed E-state index contributed by atoms with van der Waals surface area (Å²) in [5.74, 6) is -0.717. The smallest absolute Gasteiger partial charge is 0.255 e. The Bertz CT molecular complexity index is 1510. The van der Waals surface area contributed by atoms with Crippen molar-refractivity contribution in [2.24, 2.45) is 0 Å². The van der Waals surface area contributed by atoms with Crippen molar-refractivity contribution in [3.63, 3.8) is 0 Å². The van der Waals surface area contributed by atoms with E-state index in [0.29, 0.717) is 68.8 Å². The summed E-state index contributed by atoms with van der Waals surface area (Å²) in [6.07, 6.45) is 3.70. The molecular formula is C33H36FN5O5. The van der Waals surface area contributed by atoms with Gasteiger partial charge in [0, 0.05) is 42.7 Å². The van der Waals surface area contributed by atoms with Crippen molar-refractivity contribution >= 4 is 23.6 Å². The molecular weight excluding hydrogens is 565 g/mol. The Hall–Kier alpha value is -4.30. The normalized spacial score (nSPS) is 23.3. The number of carbonyl (C=O) groups excluding carboxylic acids is 4. The third-order valence-electron chi connectivity index (χ3n) is 9.57. The van der Waals surface area contributed by atoms with Gasteiger partial charge in [-0.1, -0.05) is 24.3 Å². The third-order valence-corrected chi connectivity index (χ3v) is 9.57. The van der Waals surface area contributed by atoms with Crippen LogP contribution < -0.4 is 10.1 Å². The predicted octanol–water partition coefficient (Wildman–Crippen LogP) is 2.90. The van der Waals surface area contributed by atoms with E-state index in [4.69, 9.17) is 4.74 Å². The summed E-state index contributed by atoms with van der Waals surface area (Å²) in [6.45, 7) is 2.98. The number of imide groups is 1. The second kappa shape index (κ2) is 12.4. The maximum Gasteiger partial charge on any atom is 0.255 e. The van der Waals surface area contributed by atoms with Gasteiger partial charge in [0.05, 0.1) is 30.7 Å². The zero-order chi connectivity index (χ0) is 30.8. The van der Waals surface area contributed by atoms with Gasteiger partial charge < -0.3 is 14.5 Å². The Balaban J connectivity index is 1.01. The van der Waals surface area contributed by atoms with E-state index in [1.807, 2.05) is 11.0 Å². The highest BCUT2D eigenvalue weighted by Crippen LogP contribution is 2.37. The van der Waals surface area contributed by atoms with E-state index in [1.54, 1.807) is 30.3 Å². The first kappa shape index (κ1) is 29.8. The van der Waals surface area contributed by atoms with Crippen LogP contribution in [0.25, 0.3) is 0 Å². The molecule has 4 aliphatic rings. The average Bonchev–Trinajstić information content (AvgIpc) is 3.64. The highest BCUT2D eigenvalue weighted by Gasteiger charge is 2.42. The first-order valence-corrected chi connectivity index (χ1v) is 15.4. The number of nitrogens with one attached hydrogen (secondary N) is 1. The number of benzene rings is 2. The summed E-state index contributed by atoms with van der Waals surface area (Å²) in [5, 5.41) is 12.3. The molecule has 1 unspecified atom stereocenters. The molecule has 3 fully saturated rings. The highest BCUT2D eigenvalue weighted by molar-refractivity contribution is 6.05. The zero-order valence-electron chi connectivity index (χ0n) is 24.6. The Morgan fingerprint density at radius 1 is 1.07 bits per heavy atom. The van der Waals surface area contributed by atoms with E-state index in [0.717, 1.165) is 24.9 Å². The van der Waals surface area contributed by atoms with Crippen LogP contribution in [0.4, 0.5) is 4.39 Å². The lowest BCUT2D eigenvalue weighted by Crippen LogP contribution is -2.52. The molecule has 0 aromatic heterocycles. The minimum absolute atomic E-state index is 0.0661. The number of hydrogen-bond acceptors (Lipinski definition) is 7. The molecule has 0 bridgehead atoms. The molecule has 4 amide bonds. The molecule has 0 saturated carbocycles. The number of fused-ring (bicyclic) bond motifs is 1. The molecule has 6 rings (SSSR count). The quantitative estimate of drug-likeness (QED) is 0.365. The number of halogens is 1. The Labute approximate surface area is 255 Å². The molecule has 0 spiro atoms. The number of likely N-dealkylation sites (tertiary alicyclic amines) is 2. The van der Waals surface area contributed by atoms with Gasteiger partial charge in [0.25, 0.3) is 5.91 Å². The lowest BCUT2D eigenvalue weighted by Gasteiger charge is -2.39. The average molecular weight is 602 g/mol. The number of rotatable bonds is 8. The summed E-state index contributed by atoms with van der Waals surface area (Å²) in [7, 11) is 0. The number of amides is 4. The van der Waals surface area contributed by atoms with Crippen LogP contribution in [-0.2, 0) is 26.3 Å². The van der Waals surface area contributed by atoms with Crippen molar-refractivity contribution in [1.82, 2.24) is 20.0 Å². The van der Waals surface area contributed by atoms with Crippen molar-refractivity contribution in [1.29, 1.82) is 5.26 Å². The molecule has 4 aliphatic heterocycles. The number of piperidine rings is 2. The van der Waals surface area contributed by atoms with Gasteiger partial charge in [-0.05, 0) is 63.3 Å². The number of carbonyl (C=O) groups is 4. The number of hydrogen-bond donors (Lipinski definition) is 1. The highest BCUT2D eigenvalue weighted by atomic mass is 19.1. The maximum absolute atomic E-state index is 14.5. The zero-order valence-corrected chi connectivity index (χ0v) is 24.6. The van der Waals surface area contributed by atoms with Crippen LogP contribution in [0.15, 0.2) is 42.5 Å². The Morgan fingerprint density at radius 3 is 2.61 bits per heavy atom. The molecule has 11 heteroatoms. The molecule has 3 saturated heterocycles. The molecule has 2 aromatic carbocycles. The standard InChI is InChI=1S/C33H36FN5O5/c34-25-8-2-1-7-24(25)33(21-35)13-17-38(18-14-33)32(43)27-9-4-15-37(27)16-5-19-44-28-10-3-6-22-23(28)20-39(31(22)42)26-11-12-29(40)36-30(26)41/h1-3,6-8,10,26-27H,4-5,9,11-20H2,(H,36,40,41)/t26?,27-/m1/s1. The second-order valence-corrected chi connectivity index (χ2v) is 12.1. The molecule has 44 heavy (non-hydrogen) atoms. The van der Waals surface area contributed by atoms with Crippen molar-refractivity contribution < 1.29 is 28.3 Å². The molecule has 2 atom stereocenters. The SMILES string of the molecule is N#CC1(c2ccccc2F)CCN(C(=O)[C@H]2CCCN2CCCOc2cccc3c2CN(C2CCC(=O)NC2=O)C3=O)CC1. The number of ether oxygens (including phenoxy) is 1. The van der Waals surface area contributed by atoms with Crippen LogP contribution in [0.5, 0.6) is 5.75 Å². The lowest BCUT2D eigenvalue weighted by atomic mass is 9.73. The summed E-state index contributed by atoms with van der Waals surface area (Å²) in [5.41, 5.74) is 0.740. The topological polar surface area (TPSA) is 123 Å². The van der Waals surface area contributed by atoms with Crippen LogP contribution in [0.1, 0.15) is 66.4 Å². The Morgan fingerprint density at radius 2 is 1.86 bits per heavy atom. The fourth-order valence-corrected chi connectivity index (χ4v) is 7.13. The van der Waals surface area contributed by atoms with Crippen molar-refractivity contribution in [3.05, 3.63) is 65.0 Å². The molecule has 10 nitrogen and oxygen atoms in total. The van der Waals surface area contributed by atoms with E-state index >= 15 is 0 Å². The van der Waals surface area contributed by atoms with Gasteiger partial charge in [-0.25, -0.2) is 4.39 Å². The molecule has 1 N–H and O–H groups in total. The Kier molecular flexibility index (Phi) is 8.36. The van der Waals surface area contributed by atoms with Crippen molar-refractivity contribution in [3.8, 4) is 11.8 Å². The van der Waals surface area contributed by atoms with Gasteiger partial charge in [0.2, 0.25) is 17.7 Å². The van der Waals surface area contributed by atoms with Gasteiger partial charge >= 0.3 is 0 Å². The van der Waals surface area contributed by atoms with Gasteiger partial charge in [0.15, 0.2) is 0 Å². The second-order valence-electron chi connectivity index (χ2n) is 12.1. The van der Waals surface area contributed by atoms with Gasteiger partial charge in [0.1, 0.15) is 17.6 Å². The molecule has 0 aliphatic carbocycles. The van der Waals surface area contributed by atoms with Crippen LogP contribution >= 0.6 is 0 Å². The molecule has 2 aromatic rings. The van der Waals surface area contributed by atoms with Gasteiger partial charge in [-0.2, -0.15) is 5.26 Å². The molecule has 0 radical (unpaired) electrons. The monoisotopic (exact) mass is 601 g/mol. The van der Waals surface area contributed by atoms with Crippen molar-refractivity contribution in [2.75, 3.05) is 32.8 Å². The predicted molar refractivity (Wildman–Crippen MR) is 157 cm³/mol. The van der Waals surface area contributed by atoms with Gasteiger partial charge in [-0.15, -0.1) is 0 Å². The van der Waals surface area contributed by atoms with E-state index in [9.17, 15) is 28.8 Å². The number of nitrogens with zero attached hydrogens (tertiary/aromatic N) is 4. The summed E-state index contributed by atoms with van der Waals surface area (Å²) in [4.78, 5) is 56.1. The minimum Gasteiger partial charge on any atom is -0.493 e. The lowest BCUT2D eigenvalue weighted by molar-refractivity contribution is -0.138. The van der Waals surface area contributed by atoms with Crippen LogP contribution in [-0.4, -0.2) is 83.2 Å². The molecule has 230 valence electrons. The summed E-state index contributed by atoms with van der Waals surface area (Å²) in [6, 6.07) is 13.2.